The van der Waals surface area contributed by atoms with E-state index < -0.39 is 12.0 Å². The van der Waals surface area contributed by atoms with Crippen molar-refractivity contribution >= 4 is 17.9 Å². The highest BCUT2D eigenvalue weighted by Crippen LogP contribution is 1.95. The Bertz CT molecular complexity index is 485. The number of carbonyl (C=O) groups is 3. The van der Waals surface area contributed by atoms with Crippen molar-refractivity contribution in [1.82, 2.24) is 25.5 Å². The van der Waals surface area contributed by atoms with Gasteiger partial charge in [-0.2, -0.15) is 0 Å². The molecule has 0 saturated carbocycles. The molecule has 0 bridgehead atoms. The van der Waals surface area contributed by atoms with Gasteiger partial charge in [0.15, 0.2) is 5.69 Å². The van der Waals surface area contributed by atoms with Gasteiger partial charge < -0.3 is 25.6 Å². The van der Waals surface area contributed by atoms with Crippen LogP contribution in [0.15, 0.2) is 12.5 Å². The summed E-state index contributed by atoms with van der Waals surface area (Å²) in [6.07, 6.45) is 2.74. The Morgan fingerprint density at radius 3 is 2.65 bits per heavy atom. The van der Waals surface area contributed by atoms with Crippen LogP contribution in [0.2, 0.25) is 0 Å². The molecule has 0 atom stereocenters. The maximum atomic E-state index is 11.3. The first-order valence-electron chi connectivity index (χ1n) is 6.06. The van der Waals surface area contributed by atoms with E-state index in [-0.39, 0.29) is 24.7 Å². The van der Waals surface area contributed by atoms with E-state index in [2.05, 4.69) is 20.9 Å². The van der Waals surface area contributed by atoms with Crippen LogP contribution >= 0.6 is 0 Å². The van der Waals surface area contributed by atoms with Crippen molar-refractivity contribution in [2.75, 3.05) is 19.6 Å². The summed E-state index contributed by atoms with van der Waals surface area (Å²) in [5.74, 6) is -1.36. The fraction of sp³-hybridized carbons (Fsp3) is 0.455. The molecule has 1 aromatic rings. The van der Waals surface area contributed by atoms with E-state index >= 15 is 0 Å². The van der Waals surface area contributed by atoms with Crippen LogP contribution in [0.5, 0.6) is 0 Å². The molecule has 20 heavy (non-hydrogen) atoms. The van der Waals surface area contributed by atoms with Gasteiger partial charge in [-0.15, -0.1) is 0 Å². The zero-order valence-electron chi connectivity index (χ0n) is 11.0. The van der Waals surface area contributed by atoms with Crippen LogP contribution in [0.4, 0.5) is 4.79 Å². The summed E-state index contributed by atoms with van der Waals surface area (Å²) in [7, 11) is 0. The van der Waals surface area contributed by atoms with Crippen LogP contribution in [0.3, 0.4) is 0 Å². The highest BCUT2D eigenvalue weighted by atomic mass is 16.4. The van der Waals surface area contributed by atoms with Crippen molar-refractivity contribution in [3.05, 3.63) is 18.2 Å². The Morgan fingerprint density at radius 1 is 1.30 bits per heavy atom. The highest BCUT2D eigenvalue weighted by Gasteiger charge is 2.07. The molecule has 0 unspecified atom stereocenters. The highest BCUT2D eigenvalue weighted by molar-refractivity contribution is 5.85. The minimum Gasteiger partial charge on any atom is -0.476 e. The Balaban J connectivity index is 2.21. The smallest absolute Gasteiger partial charge is 0.356 e. The quantitative estimate of drug-likeness (QED) is 0.511. The predicted molar refractivity (Wildman–Crippen MR) is 69.3 cm³/mol. The largest absolute Gasteiger partial charge is 0.476 e. The molecule has 0 spiro atoms. The minimum atomic E-state index is -1.10. The van der Waals surface area contributed by atoms with Crippen molar-refractivity contribution in [3.63, 3.8) is 0 Å². The first-order chi connectivity index (χ1) is 9.52. The lowest BCUT2D eigenvalue weighted by Gasteiger charge is -2.07. The maximum Gasteiger partial charge on any atom is 0.356 e. The first kappa shape index (κ1) is 15.5. The average molecular weight is 283 g/mol. The van der Waals surface area contributed by atoms with Gasteiger partial charge in [0.25, 0.3) is 0 Å². The fourth-order valence-corrected chi connectivity index (χ4v) is 1.37. The number of carboxylic acids is 1. The van der Waals surface area contributed by atoms with E-state index in [9.17, 15) is 14.4 Å². The molecule has 0 saturated heterocycles. The van der Waals surface area contributed by atoms with Gasteiger partial charge in [0.2, 0.25) is 5.91 Å². The Kier molecular flexibility index (Phi) is 6.01. The van der Waals surface area contributed by atoms with E-state index in [1.54, 1.807) is 11.5 Å². The Labute approximate surface area is 115 Å². The summed E-state index contributed by atoms with van der Waals surface area (Å²) in [6.45, 7) is 2.88. The van der Waals surface area contributed by atoms with E-state index in [0.717, 1.165) is 0 Å². The molecule has 1 heterocycles. The van der Waals surface area contributed by atoms with Crippen molar-refractivity contribution in [1.29, 1.82) is 0 Å². The second kappa shape index (κ2) is 7.77. The standard InChI is InChI=1S/C11H17N5O4/c1-2-12-9(17)5-14-11(20)13-3-4-16-6-8(10(18)19)15-7-16/h6-7H,2-5H2,1H3,(H,12,17)(H,18,19)(H2,13,14,20). The maximum absolute atomic E-state index is 11.3. The Morgan fingerprint density at radius 2 is 2.05 bits per heavy atom. The van der Waals surface area contributed by atoms with Gasteiger partial charge in [0, 0.05) is 25.8 Å². The summed E-state index contributed by atoms with van der Waals surface area (Å²) in [5.41, 5.74) is -0.0503. The van der Waals surface area contributed by atoms with E-state index in [1.165, 1.54) is 12.5 Å². The van der Waals surface area contributed by atoms with Gasteiger partial charge in [-0.3, -0.25) is 4.79 Å². The molecule has 4 N–H and O–H groups in total. The number of hydrogen-bond donors (Lipinski definition) is 4. The lowest BCUT2D eigenvalue weighted by Crippen LogP contribution is -2.42. The lowest BCUT2D eigenvalue weighted by molar-refractivity contribution is -0.119. The Hall–Kier alpha value is -2.58. The molecule has 1 aromatic heterocycles. The van der Waals surface area contributed by atoms with Crippen molar-refractivity contribution in [3.8, 4) is 0 Å². The van der Waals surface area contributed by atoms with E-state index in [0.29, 0.717) is 13.1 Å². The van der Waals surface area contributed by atoms with Gasteiger partial charge in [-0.1, -0.05) is 0 Å². The molecule has 9 nitrogen and oxygen atoms in total. The normalized spacial score (nSPS) is 9.85. The summed E-state index contributed by atoms with van der Waals surface area (Å²) < 4.78 is 1.55. The second-order valence-corrected chi connectivity index (χ2v) is 3.86. The van der Waals surface area contributed by atoms with Crippen LogP contribution in [-0.4, -0.2) is 52.2 Å². The fourth-order valence-electron chi connectivity index (χ4n) is 1.37. The van der Waals surface area contributed by atoms with Crippen LogP contribution in [0.1, 0.15) is 17.4 Å². The molecule has 0 aliphatic heterocycles. The second-order valence-electron chi connectivity index (χ2n) is 3.86. The lowest BCUT2D eigenvalue weighted by atomic mass is 10.5. The van der Waals surface area contributed by atoms with Crippen LogP contribution in [-0.2, 0) is 11.3 Å². The molecule has 0 fully saturated rings. The number of carboxylic acid groups (broad SMARTS) is 1. The minimum absolute atomic E-state index is 0.0503. The molecule has 0 radical (unpaired) electrons. The number of nitrogens with zero attached hydrogens (tertiary/aromatic N) is 2. The number of hydrogen-bond acceptors (Lipinski definition) is 4. The van der Waals surface area contributed by atoms with Gasteiger partial charge in [0.05, 0.1) is 12.9 Å². The number of urea groups is 1. The molecule has 0 aliphatic carbocycles. The zero-order valence-corrected chi connectivity index (χ0v) is 11.0. The van der Waals surface area contributed by atoms with Crippen LogP contribution in [0, 0.1) is 0 Å². The number of amides is 3. The molecule has 0 aliphatic rings. The summed E-state index contributed by atoms with van der Waals surface area (Å²) >= 11 is 0. The van der Waals surface area contributed by atoms with Gasteiger partial charge in [-0.25, -0.2) is 14.6 Å². The van der Waals surface area contributed by atoms with E-state index in [1.807, 2.05) is 0 Å². The summed E-state index contributed by atoms with van der Waals surface area (Å²) in [5, 5.41) is 16.2. The number of rotatable bonds is 7. The molecule has 110 valence electrons. The number of aromatic carboxylic acids is 1. The van der Waals surface area contributed by atoms with Crippen LogP contribution < -0.4 is 16.0 Å². The number of carbonyl (C=O) groups excluding carboxylic acids is 2. The van der Waals surface area contributed by atoms with Gasteiger partial charge >= 0.3 is 12.0 Å². The van der Waals surface area contributed by atoms with E-state index in [4.69, 9.17) is 5.11 Å². The van der Waals surface area contributed by atoms with Crippen molar-refractivity contribution < 1.29 is 19.5 Å². The topological polar surface area (TPSA) is 125 Å². The molecule has 0 aromatic carbocycles. The van der Waals surface area contributed by atoms with Gasteiger partial charge in [-0.05, 0) is 6.92 Å². The predicted octanol–water partition coefficient (Wildman–Crippen LogP) is -0.983. The van der Waals surface area contributed by atoms with Crippen LogP contribution in [0.25, 0.3) is 0 Å². The van der Waals surface area contributed by atoms with Gasteiger partial charge in [0.1, 0.15) is 0 Å². The average Bonchev–Trinajstić information content (AvgIpc) is 2.86. The number of aromatic nitrogens is 2. The number of nitrogens with one attached hydrogen (secondary N) is 3. The molecule has 3 amide bonds. The third-order valence-electron chi connectivity index (χ3n) is 2.29. The monoisotopic (exact) mass is 283 g/mol. The third kappa shape index (κ3) is 5.38. The SMILES string of the molecule is CCNC(=O)CNC(=O)NCCn1cnc(C(=O)O)c1. The molecular weight excluding hydrogens is 266 g/mol. The first-order valence-corrected chi connectivity index (χ1v) is 6.06. The van der Waals surface area contributed by atoms with Crippen molar-refractivity contribution in [2.24, 2.45) is 0 Å². The summed E-state index contributed by atoms with van der Waals surface area (Å²) in [4.78, 5) is 36.7. The summed E-state index contributed by atoms with van der Waals surface area (Å²) in [6, 6.07) is -0.463. The third-order valence-corrected chi connectivity index (χ3v) is 2.29. The van der Waals surface area contributed by atoms with Crippen molar-refractivity contribution in [2.45, 2.75) is 13.5 Å². The number of imidazole rings is 1. The molecule has 9 heteroatoms. The molecule has 1 rings (SSSR count). The molecular formula is C11H17N5O4. The number of likely N-dealkylation sites (N-methyl/N-ethyl adjacent to an activating group) is 1. The zero-order chi connectivity index (χ0) is 15.0.